The van der Waals surface area contributed by atoms with Crippen molar-refractivity contribution in [1.82, 2.24) is 10.2 Å². The van der Waals surface area contributed by atoms with Crippen LogP contribution in [0.25, 0.3) is 0 Å². The average molecular weight is 306 g/mol. The number of ether oxygens (including phenoxy) is 1. The van der Waals surface area contributed by atoms with Crippen molar-refractivity contribution in [2.24, 2.45) is 0 Å². The van der Waals surface area contributed by atoms with Gasteiger partial charge in [-0.2, -0.15) is 0 Å². The first-order valence-corrected chi connectivity index (χ1v) is 7.97. The maximum Gasteiger partial charge on any atom is 0.407 e. The van der Waals surface area contributed by atoms with E-state index in [9.17, 15) is 4.79 Å². The predicted octanol–water partition coefficient (Wildman–Crippen LogP) is 4.01. The van der Waals surface area contributed by atoms with Gasteiger partial charge in [-0.05, 0) is 53.2 Å². The van der Waals surface area contributed by atoms with E-state index < -0.39 is 5.60 Å². The molecule has 124 valence electrons. The lowest BCUT2D eigenvalue weighted by molar-refractivity contribution is 0.0437. The molecule has 0 aliphatic carbocycles. The first-order valence-electron chi connectivity index (χ1n) is 7.97. The van der Waals surface area contributed by atoms with Gasteiger partial charge in [0, 0.05) is 18.8 Å². The molecule has 0 aromatic heterocycles. The van der Waals surface area contributed by atoms with Crippen LogP contribution >= 0.6 is 0 Å². The Morgan fingerprint density at radius 1 is 1.32 bits per heavy atom. The number of allylic oxidation sites excluding steroid dienone is 5. The minimum Gasteiger partial charge on any atom is -0.444 e. The smallest absolute Gasteiger partial charge is 0.407 e. The van der Waals surface area contributed by atoms with Gasteiger partial charge in [-0.3, -0.25) is 0 Å². The van der Waals surface area contributed by atoms with Crippen molar-refractivity contribution in [1.29, 1.82) is 0 Å². The summed E-state index contributed by atoms with van der Waals surface area (Å²) in [4.78, 5) is 14.0. The second-order valence-corrected chi connectivity index (χ2v) is 6.90. The zero-order chi connectivity index (χ0) is 16.8. The Kier molecular flexibility index (Phi) is 6.72. The molecule has 0 aromatic rings. The normalized spacial score (nSPS) is 16.5. The Morgan fingerprint density at radius 2 is 1.95 bits per heavy atom. The van der Waals surface area contributed by atoms with Crippen LogP contribution in [-0.4, -0.2) is 35.7 Å². The van der Waals surface area contributed by atoms with Gasteiger partial charge in [0.1, 0.15) is 5.60 Å². The minimum atomic E-state index is -0.453. The third kappa shape index (κ3) is 6.83. The number of likely N-dealkylation sites (tertiary alicyclic amines) is 1. The van der Waals surface area contributed by atoms with Gasteiger partial charge in [-0.25, -0.2) is 4.79 Å². The Hall–Kier alpha value is -1.71. The third-order valence-corrected chi connectivity index (χ3v) is 3.04. The summed E-state index contributed by atoms with van der Waals surface area (Å²) in [6, 6.07) is 0.152. The van der Waals surface area contributed by atoms with Crippen molar-refractivity contribution in [2.45, 2.75) is 59.6 Å². The summed E-state index contributed by atoms with van der Waals surface area (Å²) >= 11 is 0. The van der Waals surface area contributed by atoms with Gasteiger partial charge < -0.3 is 15.0 Å². The summed E-state index contributed by atoms with van der Waals surface area (Å²) in [6.07, 6.45) is 9.21. The van der Waals surface area contributed by atoms with Gasteiger partial charge in [0.2, 0.25) is 0 Å². The van der Waals surface area contributed by atoms with Crippen LogP contribution in [-0.2, 0) is 4.74 Å². The van der Waals surface area contributed by atoms with Gasteiger partial charge in [0.05, 0.1) is 6.04 Å². The number of hydrogen-bond acceptors (Lipinski definition) is 3. The number of alkyl carbamates (subject to hydrolysis) is 1. The fourth-order valence-corrected chi connectivity index (χ4v) is 2.10. The Balaban J connectivity index is 2.52. The molecular weight excluding hydrogens is 276 g/mol. The van der Waals surface area contributed by atoms with Crippen LogP contribution < -0.4 is 5.32 Å². The minimum absolute atomic E-state index is 0.152. The van der Waals surface area contributed by atoms with Crippen molar-refractivity contribution in [3.8, 4) is 0 Å². The van der Waals surface area contributed by atoms with Crippen LogP contribution in [0.4, 0.5) is 4.79 Å². The molecule has 1 aliphatic rings. The van der Waals surface area contributed by atoms with E-state index in [4.69, 9.17) is 4.74 Å². The summed E-state index contributed by atoms with van der Waals surface area (Å²) in [5, 5.41) is 2.91. The van der Waals surface area contributed by atoms with E-state index in [1.54, 1.807) is 0 Å². The highest BCUT2D eigenvalue weighted by Gasteiger charge is 2.30. The molecule has 1 fully saturated rings. The number of carbonyl (C=O) groups excluding carboxylic acids is 1. The highest BCUT2D eigenvalue weighted by Crippen LogP contribution is 2.19. The zero-order valence-corrected chi connectivity index (χ0v) is 14.8. The zero-order valence-electron chi connectivity index (χ0n) is 14.8. The number of nitrogens with zero attached hydrogens (tertiary/aromatic N) is 1. The Bertz CT molecular complexity index is 460. The second kappa shape index (κ2) is 8.06. The number of carbonyl (C=O) groups is 1. The van der Waals surface area contributed by atoms with E-state index in [0.29, 0.717) is 0 Å². The molecule has 0 radical (unpaired) electrons. The molecule has 0 saturated carbocycles. The first-order chi connectivity index (χ1) is 10.2. The summed E-state index contributed by atoms with van der Waals surface area (Å²) in [5.74, 6) is 0. The fourth-order valence-electron chi connectivity index (χ4n) is 2.10. The maximum absolute atomic E-state index is 11.7. The van der Waals surface area contributed by atoms with Crippen molar-refractivity contribution in [3.05, 3.63) is 35.6 Å². The van der Waals surface area contributed by atoms with E-state index in [-0.39, 0.29) is 12.1 Å². The summed E-state index contributed by atoms with van der Waals surface area (Å²) in [5.41, 5.74) is 2.00. The summed E-state index contributed by atoms with van der Waals surface area (Å²) < 4.78 is 5.28. The topological polar surface area (TPSA) is 41.6 Å². The van der Waals surface area contributed by atoms with Crippen LogP contribution in [0.1, 0.15) is 48.0 Å². The molecule has 1 heterocycles. The number of nitrogens with one attached hydrogen (secondary N) is 1. The van der Waals surface area contributed by atoms with E-state index in [1.807, 2.05) is 20.8 Å². The van der Waals surface area contributed by atoms with Gasteiger partial charge in [-0.15, -0.1) is 0 Å². The molecule has 0 bridgehead atoms. The average Bonchev–Trinajstić information content (AvgIpc) is 2.29. The second-order valence-electron chi connectivity index (χ2n) is 6.90. The van der Waals surface area contributed by atoms with Gasteiger partial charge >= 0.3 is 6.09 Å². The summed E-state index contributed by atoms with van der Waals surface area (Å²) in [6.45, 7) is 13.5. The maximum atomic E-state index is 11.7. The monoisotopic (exact) mass is 306 g/mol. The molecule has 1 aliphatic heterocycles. The molecule has 1 amide bonds. The summed E-state index contributed by atoms with van der Waals surface area (Å²) in [7, 11) is 0. The highest BCUT2D eigenvalue weighted by atomic mass is 16.6. The lowest BCUT2D eigenvalue weighted by Crippen LogP contribution is -2.58. The molecule has 1 saturated heterocycles. The molecule has 0 atom stereocenters. The van der Waals surface area contributed by atoms with Gasteiger partial charge in [0.15, 0.2) is 0 Å². The van der Waals surface area contributed by atoms with E-state index in [2.05, 4.69) is 55.3 Å². The van der Waals surface area contributed by atoms with E-state index in [1.165, 1.54) is 11.3 Å². The number of amides is 1. The van der Waals surface area contributed by atoms with Crippen molar-refractivity contribution in [2.75, 3.05) is 13.1 Å². The van der Waals surface area contributed by atoms with Crippen molar-refractivity contribution < 1.29 is 9.53 Å². The quantitative estimate of drug-likeness (QED) is 0.780. The van der Waals surface area contributed by atoms with E-state index >= 15 is 0 Å². The van der Waals surface area contributed by atoms with E-state index in [0.717, 1.165) is 19.5 Å². The molecule has 1 N–H and O–H groups in total. The Labute approximate surface area is 134 Å². The SMILES string of the molecule is CC/C=C/C=C(\C=C(C)C)N1CC(NC(=O)OC(C)(C)C)C1. The molecule has 0 unspecified atom stereocenters. The molecule has 1 rings (SSSR count). The molecule has 4 nitrogen and oxygen atoms in total. The van der Waals surface area contributed by atoms with Crippen LogP contribution in [0, 0.1) is 0 Å². The fraction of sp³-hybridized carbons (Fsp3) is 0.611. The van der Waals surface area contributed by atoms with Crippen LogP contribution in [0.3, 0.4) is 0 Å². The third-order valence-electron chi connectivity index (χ3n) is 3.04. The first kappa shape index (κ1) is 18.3. The highest BCUT2D eigenvalue weighted by molar-refractivity contribution is 5.68. The number of hydrogen-bond donors (Lipinski definition) is 1. The van der Waals surface area contributed by atoms with Crippen LogP contribution in [0.15, 0.2) is 35.6 Å². The van der Waals surface area contributed by atoms with Gasteiger partial charge in [-0.1, -0.05) is 24.6 Å². The molecule has 0 aromatic carbocycles. The van der Waals surface area contributed by atoms with Gasteiger partial charge in [0.25, 0.3) is 0 Å². The van der Waals surface area contributed by atoms with Crippen molar-refractivity contribution in [3.63, 3.8) is 0 Å². The number of rotatable bonds is 5. The van der Waals surface area contributed by atoms with Crippen LogP contribution in [0.5, 0.6) is 0 Å². The largest absolute Gasteiger partial charge is 0.444 e. The molecule has 22 heavy (non-hydrogen) atoms. The molecular formula is C18H30N2O2. The molecule has 4 heteroatoms. The predicted molar refractivity (Wildman–Crippen MR) is 91.7 cm³/mol. The lowest BCUT2D eigenvalue weighted by Gasteiger charge is -2.42. The van der Waals surface area contributed by atoms with Crippen molar-refractivity contribution >= 4 is 6.09 Å². The van der Waals surface area contributed by atoms with Crippen LogP contribution in [0.2, 0.25) is 0 Å². The standard InChI is InChI=1S/C18H30N2O2/c1-7-8-9-10-16(11-14(2)3)20-12-15(13-20)19-17(21)22-18(4,5)6/h8-11,15H,7,12-13H2,1-6H3,(H,19,21)/b9-8+,16-10+. The molecule has 0 spiro atoms. The lowest BCUT2D eigenvalue weighted by atomic mass is 10.1. The Morgan fingerprint density at radius 3 is 2.45 bits per heavy atom.